The Kier molecular flexibility index (Phi) is 6.09. The molecule has 8 nitrogen and oxygen atoms in total. The Labute approximate surface area is 187 Å². The van der Waals surface area contributed by atoms with Crippen molar-refractivity contribution in [2.24, 2.45) is 0 Å². The van der Waals surface area contributed by atoms with Crippen molar-refractivity contribution in [3.05, 3.63) is 70.0 Å². The quantitative estimate of drug-likeness (QED) is 0.450. The summed E-state index contributed by atoms with van der Waals surface area (Å²) in [5.74, 6) is -1.84. The van der Waals surface area contributed by atoms with Crippen LogP contribution in [0, 0.1) is 12.7 Å². The number of aryl methyl sites for hydroxylation is 1. The normalized spacial score (nSPS) is 13.4. The number of nitrogens with one attached hydrogen (secondary N) is 1. The van der Waals surface area contributed by atoms with Crippen LogP contribution in [0.25, 0.3) is 5.69 Å². The summed E-state index contributed by atoms with van der Waals surface area (Å²) >= 11 is 6.31. The molecule has 0 atom stereocenters. The summed E-state index contributed by atoms with van der Waals surface area (Å²) in [6.07, 6.45) is 3.35. The van der Waals surface area contributed by atoms with Crippen LogP contribution in [0.4, 0.5) is 4.39 Å². The number of rotatable bonds is 6. The number of esters is 1. The first-order valence-corrected chi connectivity index (χ1v) is 10.4. The number of aromatic nitrogens is 3. The van der Waals surface area contributed by atoms with E-state index >= 15 is 0 Å². The lowest BCUT2D eigenvalue weighted by atomic mass is 10.2. The summed E-state index contributed by atoms with van der Waals surface area (Å²) in [5.41, 5.74) is 1.35. The van der Waals surface area contributed by atoms with Crippen LogP contribution < -0.4 is 0 Å². The van der Waals surface area contributed by atoms with Crippen molar-refractivity contribution in [2.45, 2.75) is 19.8 Å². The van der Waals surface area contributed by atoms with Crippen molar-refractivity contribution in [2.75, 3.05) is 19.7 Å². The molecule has 3 aromatic rings. The van der Waals surface area contributed by atoms with Gasteiger partial charge in [0.1, 0.15) is 22.2 Å². The molecule has 32 heavy (non-hydrogen) atoms. The molecule has 10 heteroatoms. The van der Waals surface area contributed by atoms with E-state index in [1.165, 1.54) is 41.2 Å². The topological polar surface area (TPSA) is 97.3 Å². The SMILES string of the molecule is Cc1nn(-c2ccc(F)cc2)c(Cl)c1C(=O)OCC(=O)c1c[nH]c(C(=O)N2CCCC2)c1. The largest absolute Gasteiger partial charge is 0.454 e. The summed E-state index contributed by atoms with van der Waals surface area (Å²) in [7, 11) is 0. The molecule has 4 rings (SSSR count). The van der Waals surface area contributed by atoms with Crippen molar-refractivity contribution in [3.63, 3.8) is 0 Å². The lowest BCUT2D eigenvalue weighted by molar-refractivity contribution is 0.0474. The van der Waals surface area contributed by atoms with Crippen LogP contribution in [-0.4, -0.2) is 57.0 Å². The molecule has 2 aromatic heterocycles. The molecule has 0 aliphatic carbocycles. The van der Waals surface area contributed by atoms with Gasteiger partial charge >= 0.3 is 5.97 Å². The third kappa shape index (κ3) is 4.29. The van der Waals surface area contributed by atoms with E-state index in [1.54, 1.807) is 11.8 Å². The van der Waals surface area contributed by atoms with Gasteiger partial charge in [0, 0.05) is 24.8 Å². The number of likely N-dealkylation sites (tertiary alicyclic amines) is 1. The van der Waals surface area contributed by atoms with E-state index in [0.717, 1.165) is 12.8 Å². The molecule has 1 saturated heterocycles. The number of Topliss-reactive ketones (excluding diaryl/α,β-unsaturated/α-hetero) is 1. The van der Waals surface area contributed by atoms with E-state index < -0.39 is 24.2 Å². The maximum absolute atomic E-state index is 13.2. The van der Waals surface area contributed by atoms with Crippen molar-refractivity contribution in [1.29, 1.82) is 0 Å². The average Bonchev–Trinajstić information content (AvgIpc) is 3.53. The molecule has 166 valence electrons. The van der Waals surface area contributed by atoms with Crippen LogP contribution in [0.1, 0.15) is 49.7 Å². The molecule has 1 fully saturated rings. The van der Waals surface area contributed by atoms with E-state index in [1.807, 2.05) is 0 Å². The smallest absolute Gasteiger partial charge is 0.343 e. The highest BCUT2D eigenvalue weighted by Crippen LogP contribution is 2.24. The predicted molar refractivity (Wildman–Crippen MR) is 114 cm³/mol. The fraction of sp³-hybridized carbons (Fsp3) is 0.273. The van der Waals surface area contributed by atoms with E-state index in [-0.39, 0.29) is 22.2 Å². The Hall–Kier alpha value is -3.46. The number of aromatic amines is 1. The summed E-state index contributed by atoms with van der Waals surface area (Å²) in [5, 5.41) is 4.20. The van der Waals surface area contributed by atoms with Crippen molar-refractivity contribution in [1.82, 2.24) is 19.7 Å². The average molecular weight is 459 g/mol. The number of H-pyrrole nitrogens is 1. The number of hydrogen-bond donors (Lipinski definition) is 1. The Morgan fingerprint density at radius 3 is 2.56 bits per heavy atom. The number of carbonyl (C=O) groups is 3. The summed E-state index contributed by atoms with van der Waals surface area (Å²) in [6, 6.07) is 6.90. The van der Waals surface area contributed by atoms with Gasteiger partial charge in [-0.05, 0) is 50.1 Å². The Morgan fingerprint density at radius 1 is 1.19 bits per heavy atom. The molecule has 1 aliphatic rings. The lowest BCUT2D eigenvalue weighted by Crippen LogP contribution is -2.27. The number of amides is 1. The van der Waals surface area contributed by atoms with Gasteiger partial charge in [0.05, 0.1) is 11.4 Å². The minimum atomic E-state index is -0.807. The van der Waals surface area contributed by atoms with Gasteiger partial charge in [0.25, 0.3) is 5.91 Å². The Balaban J connectivity index is 1.42. The van der Waals surface area contributed by atoms with Gasteiger partial charge in [-0.3, -0.25) is 9.59 Å². The number of hydrogen-bond acceptors (Lipinski definition) is 5. The second-order valence-electron chi connectivity index (χ2n) is 7.44. The molecule has 1 N–H and O–H groups in total. The zero-order chi connectivity index (χ0) is 22.8. The monoisotopic (exact) mass is 458 g/mol. The number of nitrogens with zero attached hydrogens (tertiary/aromatic N) is 3. The Morgan fingerprint density at radius 2 is 1.88 bits per heavy atom. The summed E-state index contributed by atoms with van der Waals surface area (Å²) < 4.78 is 19.6. The second kappa shape index (κ2) is 8.96. The predicted octanol–water partition coefficient (Wildman–Crippen LogP) is 3.58. The van der Waals surface area contributed by atoms with Crippen LogP contribution in [0.2, 0.25) is 5.15 Å². The van der Waals surface area contributed by atoms with Crippen LogP contribution in [0.5, 0.6) is 0 Å². The van der Waals surface area contributed by atoms with Crippen LogP contribution in [-0.2, 0) is 4.74 Å². The minimum Gasteiger partial charge on any atom is -0.454 e. The van der Waals surface area contributed by atoms with Crippen LogP contribution in [0.15, 0.2) is 36.5 Å². The molecule has 0 spiro atoms. The molecular weight excluding hydrogens is 439 g/mol. The van der Waals surface area contributed by atoms with E-state index in [9.17, 15) is 18.8 Å². The maximum Gasteiger partial charge on any atom is 0.343 e. The van der Waals surface area contributed by atoms with E-state index in [2.05, 4.69) is 10.1 Å². The molecule has 0 radical (unpaired) electrons. The van der Waals surface area contributed by atoms with Crippen molar-refractivity contribution >= 4 is 29.3 Å². The highest BCUT2D eigenvalue weighted by molar-refractivity contribution is 6.33. The van der Waals surface area contributed by atoms with Crippen molar-refractivity contribution in [3.8, 4) is 5.69 Å². The lowest BCUT2D eigenvalue weighted by Gasteiger charge is -2.13. The van der Waals surface area contributed by atoms with Crippen LogP contribution in [0.3, 0.4) is 0 Å². The number of ether oxygens (including phenoxy) is 1. The first kappa shape index (κ1) is 21.8. The fourth-order valence-corrected chi connectivity index (χ4v) is 3.89. The van der Waals surface area contributed by atoms with E-state index in [4.69, 9.17) is 16.3 Å². The van der Waals surface area contributed by atoms with Gasteiger partial charge in [-0.25, -0.2) is 13.9 Å². The second-order valence-corrected chi connectivity index (χ2v) is 7.80. The van der Waals surface area contributed by atoms with Crippen LogP contribution >= 0.6 is 11.6 Å². The number of ketones is 1. The highest BCUT2D eigenvalue weighted by Gasteiger charge is 2.25. The van der Waals surface area contributed by atoms with Gasteiger partial charge in [-0.1, -0.05) is 11.6 Å². The third-order valence-corrected chi connectivity index (χ3v) is 5.59. The number of carbonyl (C=O) groups excluding carboxylic acids is 3. The molecule has 1 amide bonds. The first-order chi connectivity index (χ1) is 15.3. The molecule has 0 unspecified atom stereocenters. The number of halogens is 2. The standard InChI is InChI=1S/C22H20ClFN4O4/c1-13-19(20(23)28(26-13)16-6-4-15(24)5-7-16)22(31)32-12-18(29)14-10-17(25-11-14)21(30)27-8-2-3-9-27/h4-7,10-11,25H,2-3,8-9,12H2,1H3. The Bertz CT molecular complexity index is 1180. The van der Waals surface area contributed by atoms with Gasteiger partial charge in [0.2, 0.25) is 5.78 Å². The molecule has 0 saturated carbocycles. The van der Waals surface area contributed by atoms with Gasteiger partial charge in [-0.15, -0.1) is 0 Å². The summed E-state index contributed by atoms with van der Waals surface area (Å²) in [4.78, 5) is 42.0. The zero-order valence-electron chi connectivity index (χ0n) is 17.2. The van der Waals surface area contributed by atoms with Gasteiger partial charge < -0.3 is 14.6 Å². The number of benzene rings is 1. The van der Waals surface area contributed by atoms with Crippen molar-refractivity contribution < 1.29 is 23.5 Å². The van der Waals surface area contributed by atoms with Gasteiger partial charge in [0.15, 0.2) is 6.61 Å². The first-order valence-electron chi connectivity index (χ1n) is 10.0. The molecule has 0 bridgehead atoms. The summed E-state index contributed by atoms with van der Waals surface area (Å²) in [6.45, 7) is 2.45. The molecule has 1 aromatic carbocycles. The fourth-order valence-electron chi connectivity index (χ4n) is 3.54. The maximum atomic E-state index is 13.2. The third-order valence-electron chi connectivity index (χ3n) is 5.24. The zero-order valence-corrected chi connectivity index (χ0v) is 18.0. The molecule has 1 aliphatic heterocycles. The minimum absolute atomic E-state index is 0.00769. The molecular formula is C22H20ClFN4O4. The van der Waals surface area contributed by atoms with Gasteiger partial charge in [-0.2, -0.15) is 5.10 Å². The molecule has 3 heterocycles. The highest BCUT2D eigenvalue weighted by atomic mass is 35.5. The van der Waals surface area contributed by atoms with E-state index in [0.29, 0.717) is 30.2 Å².